The summed E-state index contributed by atoms with van der Waals surface area (Å²) in [4.78, 5) is 12.8. The van der Waals surface area contributed by atoms with Crippen molar-refractivity contribution in [1.29, 1.82) is 0 Å². The van der Waals surface area contributed by atoms with E-state index in [0.717, 1.165) is 37.7 Å². The molecule has 0 amide bonds. The van der Waals surface area contributed by atoms with Gasteiger partial charge < -0.3 is 23.4 Å². The van der Waals surface area contributed by atoms with Crippen molar-refractivity contribution >= 4 is 5.97 Å². The summed E-state index contributed by atoms with van der Waals surface area (Å²) in [5.41, 5.74) is 0.716. The highest BCUT2D eigenvalue weighted by Gasteiger charge is 2.78. The zero-order chi connectivity index (χ0) is 18.4. The van der Waals surface area contributed by atoms with Crippen molar-refractivity contribution in [3.8, 4) is 0 Å². The number of hydrogen-bond acceptors (Lipinski definition) is 6. The zero-order valence-electron chi connectivity index (χ0n) is 15.8. The SMILES string of the molecule is COC(=O)[C@H]1[C@H]2CC[C@@H]3[C@]45C[C@@H](c6ccoc6)O[C@@H]4O[C@@H](O2)[C@@]31CC[C@H]5C. The molecule has 146 valence electrons. The first-order valence-electron chi connectivity index (χ1n) is 10.2. The van der Waals surface area contributed by atoms with Crippen LogP contribution in [0.1, 0.15) is 50.7 Å². The molecule has 3 aliphatic heterocycles. The minimum atomic E-state index is -0.368. The highest BCUT2D eigenvalue weighted by molar-refractivity contribution is 5.75. The van der Waals surface area contributed by atoms with E-state index in [1.54, 1.807) is 12.5 Å². The van der Waals surface area contributed by atoms with Crippen LogP contribution in [0.5, 0.6) is 0 Å². The van der Waals surface area contributed by atoms with Gasteiger partial charge in [0.25, 0.3) is 0 Å². The second kappa shape index (κ2) is 5.37. The van der Waals surface area contributed by atoms with Crippen LogP contribution in [0.25, 0.3) is 0 Å². The van der Waals surface area contributed by atoms with Crippen molar-refractivity contribution in [2.75, 3.05) is 7.11 Å². The summed E-state index contributed by atoms with van der Waals surface area (Å²) in [6.07, 6.45) is 7.60. The van der Waals surface area contributed by atoms with E-state index in [9.17, 15) is 4.79 Å². The Morgan fingerprint density at radius 1 is 1.15 bits per heavy atom. The summed E-state index contributed by atoms with van der Waals surface area (Å²) in [6.45, 7) is 2.33. The Bertz CT molecular complexity index is 761. The molecule has 0 radical (unpaired) electrons. The van der Waals surface area contributed by atoms with Gasteiger partial charge in [-0.25, -0.2) is 0 Å². The molecule has 9 atom stereocenters. The Hall–Kier alpha value is -1.37. The number of carbonyl (C=O) groups excluding carboxylic acids is 1. The lowest BCUT2D eigenvalue weighted by molar-refractivity contribution is -0.355. The van der Waals surface area contributed by atoms with Gasteiger partial charge in [0.05, 0.1) is 37.8 Å². The average molecular weight is 374 g/mol. The molecule has 6 heteroatoms. The number of hydrogen-bond donors (Lipinski definition) is 0. The normalized spacial score (nSPS) is 52.4. The maximum absolute atomic E-state index is 12.8. The van der Waals surface area contributed by atoms with Crippen LogP contribution in [-0.4, -0.2) is 31.8 Å². The fourth-order valence-corrected chi connectivity index (χ4v) is 7.43. The number of esters is 1. The van der Waals surface area contributed by atoms with E-state index in [-0.39, 0.29) is 47.5 Å². The minimum absolute atomic E-state index is 0.0283. The van der Waals surface area contributed by atoms with Crippen molar-refractivity contribution in [2.24, 2.45) is 28.6 Å². The Balaban J connectivity index is 1.47. The molecule has 6 nitrogen and oxygen atoms in total. The largest absolute Gasteiger partial charge is 0.472 e. The second-order valence-corrected chi connectivity index (χ2v) is 9.16. The molecule has 6 rings (SSSR count). The molecule has 0 unspecified atom stereocenters. The first-order chi connectivity index (χ1) is 13.1. The molecule has 5 aliphatic rings. The van der Waals surface area contributed by atoms with Gasteiger partial charge in [-0.1, -0.05) is 6.92 Å². The number of carbonyl (C=O) groups is 1. The van der Waals surface area contributed by atoms with E-state index in [1.165, 1.54) is 7.11 Å². The van der Waals surface area contributed by atoms with Gasteiger partial charge in [0.2, 0.25) is 0 Å². The predicted molar refractivity (Wildman–Crippen MR) is 92.2 cm³/mol. The molecule has 1 aromatic rings. The molecule has 2 spiro atoms. The first-order valence-corrected chi connectivity index (χ1v) is 10.2. The molecule has 2 saturated carbocycles. The third-order valence-corrected chi connectivity index (χ3v) is 8.54. The van der Waals surface area contributed by atoms with E-state index in [0.29, 0.717) is 11.8 Å². The number of rotatable bonds is 2. The maximum Gasteiger partial charge on any atom is 0.312 e. The monoisotopic (exact) mass is 374 g/mol. The highest BCUT2D eigenvalue weighted by atomic mass is 16.8. The van der Waals surface area contributed by atoms with Crippen LogP contribution in [0.4, 0.5) is 0 Å². The fourth-order valence-electron chi connectivity index (χ4n) is 7.43. The van der Waals surface area contributed by atoms with E-state index in [2.05, 4.69) is 6.92 Å². The van der Waals surface area contributed by atoms with Gasteiger partial charge in [0.1, 0.15) is 0 Å². The molecule has 2 aliphatic carbocycles. The number of fused-ring (bicyclic) bond motifs is 1. The van der Waals surface area contributed by atoms with Gasteiger partial charge in [0.15, 0.2) is 12.6 Å². The van der Waals surface area contributed by atoms with Gasteiger partial charge in [-0.15, -0.1) is 0 Å². The number of methoxy groups -OCH3 is 1. The summed E-state index contributed by atoms with van der Waals surface area (Å²) < 4.78 is 29.8. The minimum Gasteiger partial charge on any atom is -0.472 e. The van der Waals surface area contributed by atoms with Crippen LogP contribution >= 0.6 is 0 Å². The average Bonchev–Trinajstić information content (AvgIpc) is 3.36. The Kier molecular flexibility index (Phi) is 3.29. The molecule has 27 heavy (non-hydrogen) atoms. The molecule has 4 heterocycles. The van der Waals surface area contributed by atoms with Crippen LogP contribution in [-0.2, 0) is 23.7 Å². The molecular weight excluding hydrogens is 348 g/mol. The Morgan fingerprint density at radius 3 is 2.78 bits per heavy atom. The third kappa shape index (κ3) is 1.80. The van der Waals surface area contributed by atoms with Crippen LogP contribution in [0.2, 0.25) is 0 Å². The summed E-state index contributed by atoms with van der Waals surface area (Å²) in [5, 5.41) is 0. The van der Waals surface area contributed by atoms with E-state index >= 15 is 0 Å². The van der Waals surface area contributed by atoms with E-state index < -0.39 is 0 Å². The molecule has 1 aromatic heterocycles. The van der Waals surface area contributed by atoms with Crippen molar-refractivity contribution in [3.63, 3.8) is 0 Å². The van der Waals surface area contributed by atoms with Crippen molar-refractivity contribution in [3.05, 3.63) is 24.2 Å². The van der Waals surface area contributed by atoms with Gasteiger partial charge >= 0.3 is 5.97 Å². The smallest absolute Gasteiger partial charge is 0.312 e. The summed E-state index contributed by atoms with van der Waals surface area (Å²) in [5.74, 6) is 0.484. The Labute approximate surface area is 158 Å². The van der Waals surface area contributed by atoms with Crippen molar-refractivity contribution in [1.82, 2.24) is 0 Å². The van der Waals surface area contributed by atoms with Crippen LogP contribution in [0.15, 0.2) is 23.0 Å². The van der Waals surface area contributed by atoms with Gasteiger partial charge in [0, 0.05) is 16.4 Å². The number of ether oxygens (including phenoxy) is 4. The first kappa shape index (κ1) is 16.6. The van der Waals surface area contributed by atoms with Gasteiger partial charge in [-0.3, -0.25) is 4.79 Å². The summed E-state index contributed by atoms with van der Waals surface area (Å²) >= 11 is 0. The lowest BCUT2D eigenvalue weighted by atomic mass is 9.42. The van der Waals surface area contributed by atoms with Crippen molar-refractivity contribution in [2.45, 2.75) is 63.8 Å². The molecule has 3 bridgehead atoms. The number of furan rings is 1. The molecule has 0 aromatic carbocycles. The van der Waals surface area contributed by atoms with Crippen LogP contribution in [0, 0.1) is 28.6 Å². The predicted octanol–water partition coefficient (Wildman–Crippen LogP) is 3.42. The summed E-state index contributed by atoms with van der Waals surface area (Å²) in [7, 11) is 1.49. The highest BCUT2D eigenvalue weighted by Crippen LogP contribution is 2.75. The van der Waals surface area contributed by atoms with Crippen LogP contribution < -0.4 is 0 Å². The van der Waals surface area contributed by atoms with E-state index in [4.69, 9.17) is 23.4 Å². The third-order valence-electron chi connectivity index (χ3n) is 8.54. The molecular formula is C21H26O6. The standard InChI is InChI=1S/C21H26O6/c1-11-5-7-20-15-4-3-13(16(20)17(22)23-2)25-18(20)27-19-21(11,15)9-14(26-19)12-6-8-24-10-12/h6,8,10-11,13-16,18-19H,3-5,7,9H2,1-2H3/t11-,13-,14+,15+,16-,18-,19-,20+,21-/m1/s1. The molecule has 3 saturated heterocycles. The lowest BCUT2D eigenvalue weighted by Gasteiger charge is -2.63. The maximum atomic E-state index is 12.8. The Morgan fingerprint density at radius 2 is 2.00 bits per heavy atom. The zero-order valence-corrected chi connectivity index (χ0v) is 15.8. The fraction of sp³-hybridized carbons (Fsp3) is 0.762. The molecule has 5 fully saturated rings. The van der Waals surface area contributed by atoms with Crippen molar-refractivity contribution < 1.29 is 28.2 Å². The summed E-state index contributed by atoms with van der Waals surface area (Å²) in [6, 6.07) is 1.98. The van der Waals surface area contributed by atoms with Gasteiger partial charge in [-0.05, 0) is 50.0 Å². The van der Waals surface area contributed by atoms with E-state index in [1.807, 2.05) is 6.07 Å². The molecule has 0 N–H and O–H groups in total. The van der Waals surface area contributed by atoms with Crippen LogP contribution in [0.3, 0.4) is 0 Å². The lowest BCUT2D eigenvalue weighted by Crippen LogP contribution is -2.66. The van der Waals surface area contributed by atoms with Gasteiger partial charge in [-0.2, -0.15) is 0 Å². The second-order valence-electron chi connectivity index (χ2n) is 9.16. The topological polar surface area (TPSA) is 67.1 Å². The quantitative estimate of drug-likeness (QED) is 0.739.